The van der Waals surface area contributed by atoms with Crippen LogP contribution >= 0.6 is 0 Å². The zero-order valence-corrected chi connectivity index (χ0v) is 22.2. The maximum Gasteiger partial charge on any atom is 0.458 e. The highest BCUT2D eigenvalue weighted by molar-refractivity contribution is 6.91. The van der Waals surface area contributed by atoms with E-state index in [1.165, 1.54) is 6.07 Å². The van der Waals surface area contributed by atoms with Crippen molar-refractivity contribution in [2.24, 2.45) is 0 Å². The summed E-state index contributed by atoms with van der Waals surface area (Å²) in [5.74, 6) is -6.79. The molecule has 12 heteroatoms. The van der Waals surface area contributed by atoms with Crippen LogP contribution in [0.1, 0.15) is 0 Å². The van der Waals surface area contributed by atoms with Crippen LogP contribution < -0.4 is 10.1 Å². The van der Waals surface area contributed by atoms with Gasteiger partial charge < -0.3 is 9.02 Å². The third-order valence-electron chi connectivity index (χ3n) is 5.12. The van der Waals surface area contributed by atoms with Crippen molar-refractivity contribution in [2.45, 2.75) is 63.4 Å². The Balaban J connectivity index is 3.13. The first-order chi connectivity index (χ1) is 14.0. The summed E-state index contributed by atoms with van der Waals surface area (Å²) in [6.45, 7) is 10.8. The molecule has 4 nitrogen and oxygen atoms in total. The second-order valence-corrected chi connectivity index (χ2v) is 21.0. The monoisotopic (exact) mass is 501 g/mol. The molecule has 0 aliphatic heterocycles. The molecule has 0 fully saturated rings. The smallest absolute Gasteiger partial charge is 0.458 e. The number of ether oxygens (including phenoxy) is 1. The van der Waals surface area contributed by atoms with Crippen molar-refractivity contribution >= 4 is 42.2 Å². The first kappa shape index (κ1) is 27.9. The molecule has 1 atom stereocenters. The lowest BCUT2D eigenvalue weighted by Gasteiger charge is -2.32. The molecule has 0 saturated carbocycles. The van der Waals surface area contributed by atoms with Crippen molar-refractivity contribution in [1.29, 1.82) is 0 Å². The Labute approximate surface area is 184 Å². The van der Waals surface area contributed by atoms with Gasteiger partial charge in [-0.05, 0) is 44.4 Å². The van der Waals surface area contributed by atoms with E-state index >= 15 is 0 Å². The zero-order chi connectivity index (χ0) is 24.3. The number of carbonyl (C=O) groups is 1. The van der Waals surface area contributed by atoms with E-state index in [9.17, 15) is 26.7 Å². The highest BCUT2D eigenvalue weighted by Gasteiger charge is 2.65. The van der Waals surface area contributed by atoms with Crippen molar-refractivity contribution < 1.29 is 35.6 Å². The summed E-state index contributed by atoms with van der Waals surface area (Å²) in [5.41, 5.74) is 0.0825. The molecule has 0 bridgehead atoms. The molecule has 0 heterocycles. The number of rotatable bonds is 10. The van der Waals surface area contributed by atoms with Crippen LogP contribution in [0, 0.1) is 0 Å². The Morgan fingerprint density at radius 1 is 1.10 bits per heavy atom. The molecular weight excluding hydrogens is 469 g/mol. The molecule has 31 heavy (non-hydrogen) atoms. The van der Waals surface area contributed by atoms with E-state index in [-0.39, 0.29) is 5.69 Å². The highest BCUT2D eigenvalue weighted by atomic mass is 28.4. The zero-order valence-electron chi connectivity index (χ0n) is 19.1. The number of hydrogen-bond acceptors (Lipinski definition) is 3. The Morgan fingerprint density at radius 3 is 2.16 bits per heavy atom. The molecular formula is C19H32F5NO3Si3. The number of benzene rings is 1. The number of nitrogens with zero attached hydrogens (tertiary/aromatic N) is 1. The lowest BCUT2D eigenvalue weighted by molar-refractivity contribution is -0.321. The lowest BCUT2D eigenvalue weighted by atomic mass is 10.2. The average Bonchev–Trinajstić information content (AvgIpc) is 2.64. The summed E-state index contributed by atoms with van der Waals surface area (Å²) in [5, 5.41) is 0.916. The Hall–Kier alpha value is -1.09. The summed E-state index contributed by atoms with van der Waals surface area (Å²) >= 11 is 0. The van der Waals surface area contributed by atoms with E-state index < -0.39 is 50.2 Å². The molecule has 0 N–H and O–H groups in total. The molecule has 1 aromatic rings. The van der Waals surface area contributed by atoms with Gasteiger partial charge in [-0.1, -0.05) is 36.5 Å². The number of likely N-dealkylation sites (N-methyl/N-ethyl adjacent to an activating group) is 1. The topological polar surface area (TPSA) is 38.8 Å². The maximum absolute atomic E-state index is 14.3. The lowest BCUT2D eigenvalue weighted by Crippen LogP contribution is -2.56. The van der Waals surface area contributed by atoms with Gasteiger partial charge in [0.25, 0.3) is 0 Å². The van der Waals surface area contributed by atoms with Gasteiger partial charge in [0, 0.05) is 12.7 Å². The first-order valence-electron chi connectivity index (χ1n) is 9.99. The van der Waals surface area contributed by atoms with Gasteiger partial charge in [0.1, 0.15) is 0 Å². The minimum Gasteiger partial charge on any atom is -0.458 e. The van der Waals surface area contributed by atoms with Gasteiger partial charge in [-0.15, -0.1) is 0 Å². The second kappa shape index (κ2) is 10.2. The van der Waals surface area contributed by atoms with E-state index in [1.54, 1.807) is 12.1 Å². The quantitative estimate of drug-likeness (QED) is 0.337. The van der Waals surface area contributed by atoms with Crippen molar-refractivity contribution in [2.75, 3.05) is 18.8 Å². The van der Waals surface area contributed by atoms with Gasteiger partial charge in [0.2, 0.25) is 0 Å². The molecule has 178 valence electrons. The highest BCUT2D eigenvalue weighted by Crippen LogP contribution is 2.37. The van der Waals surface area contributed by atoms with Gasteiger partial charge in [-0.2, -0.15) is 17.6 Å². The largest absolute Gasteiger partial charge is 0.458 e. The van der Waals surface area contributed by atoms with Crippen LogP contribution in [-0.4, -0.2) is 57.3 Å². The molecule has 0 aromatic heterocycles. The maximum atomic E-state index is 14.3. The molecule has 1 unspecified atom stereocenters. The fourth-order valence-electron chi connectivity index (χ4n) is 3.26. The van der Waals surface area contributed by atoms with Crippen LogP contribution in [0.4, 0.5) is 27.6 Å². The normalized spacial score (nSPS) is 15.1. The summed E-state index contributed by atoms with van der Waals surface area (Å²) in [6, 6.07) is 8.35. The number of hydrogen-bond donors (Lipinski definition) is 0. The van der Waals surface area contributed by atoms with E-state index in [0.717, 1.165) is 24.3 Å². The Bertz CT molecular complexity index is 762. The Morgan fingerprint density at radius 2 is 1.68 bits per heavy atom. The molecule has 1 amide bonds. The number of carbonyl (C=O) groups excluding carboxylic acids is 1. The summed E-state index contributed by atoms with van der Waals surface area (Å²) < 4.78 is 75.7. The van der Waals surface area contributed by atoms with Crippen molar-refractivity contribution in [1.82, 2.24) is 0 Å². The van der Waals surface area contributed by atoms with Crippen molar-refractivity contribution in [3.05, 3.63) is 24.3 Å². The van der Waals surface area contributed by atoms with Crippen LogP contribution in [0.15, 0.2) is 24.3 Å². The fourth-order valence-corrected chi connectivity index (χ4v) is 15.1. The van der Waals surface area contributed by atoms with Crippen molar-refractivity contribution in [3.63, 3.8) is 0 Å². The molecule has 0 radical (unpaired) electrons. The summed E-state index contributed by atoms with van der Waals surface area (Å²) in [6.07, 6.45) is -5.72. The predicted octanol–water partition coefficient (Wildman–Crippen LogP) is 4.94. The number of halogens is 5. The van der Waals surface area contributed by atoms with Crippen molar-refractivity contribution in [3.8, 4) is 0 Å². The molecule has 1 aromatic carbocycles. The van der Waals surface area contributed by atoms with Crippen LogP contribution in [0.5, 0.6) is 0 Å². The van der Waals surface area contributed by atoms with Gasteiger partial charge in [-0.25, -0.2) is 4.39 Å². The SMILES string of the molecule is CN(C(=O)C(F)(OCF)C(F)(F)F)c1cccc([Si](C)(C)CC[Si](C)(C)O[SiH](C)C)c1. The van der Waals surface area contributed by atoms with Crippen LogP contribution in [0.3, 0.4) is 0 Å². The third kappa shape index (κ3) is 7.20. The third-order valence-corrected chi connectivity index (χ3v) is 14.9. The minimum absolute atomic E-state index is 0.0825. The molecule has 1 rings (SSSR count). The Kier molecular flexibility index (Phi) is 9.23. The molecule has 0 saturated heterocycles. The van der Waals surface area contributed by atoms with Gasteiger partial charge in [0.05, 0.1) is 8.07 Å². The molecule has 0 aliphatic carbocycles. The molecule has 0 spiro atoms. The first-order valence-corrected chi connectivity index (χ1v) is 19.1. The van der Waals surface area contributed by atoms with Crippen LogP contribution in [0.25, 0.3) is 0 Å². The van der Waals surface area contributed by atoms with E-state index in [2.05, 4.69) is 44.0 Å². The van der Waals surface area contributed by atoms with Gasteiger partial charge >= 0.3 is 17.9 Å². The number of amides is 1. The standard InChI is InChI=1S/C19H32F5NO3Si3/c1-25(17(26)18(21,27-14-20)19(22,23)24)15-9-8-10-16(13-15)30(4,5)11-12-31(6,7)28-29(2)3/h8-10,13,29H,11-12,14H2,1-7H3. The molecule has 0 aliphatic rings. The predicted molar refractivity (Wildman–Crippen MR) is 121 cm³/mol. The van der Waals surface area contributed by atoms with E-state index in [0.29, 0.717) is 4.90 Å². The summed E-state index contributed by atoms with van der Waals surface area (Å²) in [7, 11) is -3.99. The van der Waals surface area contributed by atoms with Gasteiger partial charge in [0.15, 0.2) is 24.2 Å². The van der Waals surface area contributed by atoms with Gasteiger partial charge in [-0.3, -0.25) is 9.53 Å². The second-order valence-electron chi connectivity index (χ2n) is 9.07. The van der Waals surface area contributed by atoms with E-state index in [1.807, 2.05) is 6.07 Å². The minimum atomic E-state index is -5.72. The van der Waals surface area contributed by atoms with Crippen LogP contribution in [0.2, 0.25) is 51.4 Å². The van der Waals surface area contributed by atoms with Crippen LogP contribution in [-0.2, 0) is 13.6 Å². The number of anilines is 1. The average molecular weight is 502 g/mol. The number of alkyl halides is 5. The summed E-state index contributed by atoms with van der Waals surface area (Å²) in [4.78, 5) is 12.8. The van der Waals surface area contributed by atoms with E-state index in [4.69, 9.17) is 4.12 Å². The fraction of sp³-hybridized carbons (Fsp3) is 0.632.